The van der Waals surface area contributed by atoms with Gasteiger partial charge >= 0.3 is 0 Å². The maximum atomic E-state index is 11.8. The molecule has 0 spiro atoms. The van der Waals surface area contributed by atoms with E-state index in [4.69, 9.17) is 11.6 Å². The molecule has 0 heterocycles. The number of benzene rings is 1. The molecule has 0 fully saturated rings. The van der Waals surface area contributed by atoms with E-state index in [0.717, 1.165) is 16.2 Å². The zero-order valence-corrected chi connectivity index (χ0v) is 13.0. The number of halogens is 3. The van der Waals surface area contributed by atoms with Crippen LogP contribution >= 0.6 is 43.5 Å². The van der Waals surface area contributed by atoms with Crippen molar-refractivity contribution in [2.45, 2.75) is 11.3 Å². The van der Waals surface area contributed by atoms with E-state index in [1.54, 1.807) is 12.1 Å². The van der Waals surface area contributed by atoms with Gasteiger partial charge in [-0.1, -0.05) is 43.5 Å². The van der Waals surface area contributed by atoms with Crippen molar-refractivity contribution in [3.8, 4) is 0 Å². The zero-order valence-electron chi connectivity index (χ0n) is 8.21. The Bertz CT molecular complexity index is 465. The minimum absolute atomic E-state index is 0.104. The molecular formula is C9H10Br2ClNO2S. The average molecular weight is 392 g/mol. The molecule has 1 aromatic carbocycles. The van der Waals surface area contributed by atoms with E-state index in [1.165, 1.54) is 6.07 Å². The van der Waals surface area contributed by atoms with Gasteiger partial charge in [0.2, 0.25) is 10.0 Å². The average Bonchev–Trinajstić information content (AvgIpc) is 2.17. The van der Waals surface area contributed by atoms with E-state index in [2.05, 4.69) is 36.6 Å². The second-order valence-electron chi connectivity index (χ2n) is 3.02. The largest absolute Gasteiger partial charge is 0.242 e. The Labute approximate surface area is 117 Å². The quantitative estimate of drug-likeness (QED) is 0.619. The fourth-order valence-electron chi connectivity index (χ4n) is 1.04. The van der Waals surface area contributed by atoms with Crippen LogP contribution in [0.25, 0.3) is 0 Å². The molecule has 1 rings (SSSR count). The normalized spacial score (nSPS) is 11.7. The van der Waals surface area contributed by atoms with Gasteiger partial charge in [0.15, 0.2) is 0 Å². The summed E-state index contributed by atoms with van der Waals surface area (Å²) in [5, 5.41) is 0.963. The molecule has 0 aromatic heterocycles. The molecule has 90 valence electrons. The monoisotopic (exact) mass is 389 g/mol. The Morgan fingerprint density at radius 2 is 2.06 bits per heavy atom. The van der Waals surface area contributed by atoms with Crippen molar-refractivity contribution in [2.24, 2.45) is 0 Å². The maximum Gasteiger partial charge on any atom is 0.242 e. The van der Waals surface area contributed by atoms with Crippen LogP contribution < -0.4 is 4.72 Å². The van der Waals surface area contributed by atoms with Crippen LogP contribution in [0, 0.1) is 0 Å². The Hall–Kier alpha value is 0.380. The van der Waals surface area contributed by atoms with Crippen LogP contribution in [0.4, 0.5) is 0 Å². The van der Waals surface area contributed by atoms with Crippen molar-refractivity contribution in [1.82, 2.24) is 4.72 Å². The number of rotatable bonds is 5. The van der Waals surface area contributed by atoms with E-state index < -0.39 is 10.0 Å². The number of hydrogen-bond acceptors (Lipinski definition) is 2. The molecule has 7 heteroatoms. The van der Waals surface area contributed by atoms with E-state index in [-0.39, 0.29) is 9.92 Å². The van der Waals surface area contributed by atoms with Crippen molar-refractivity contribution >= 4 is 53.5 Å². The van der Waals surface area contributed by atoms with Gasteiger partial charge in [-0.25, -0.2) is 13.1 Å². The first-order chi connectivity index (χ1) is 7.47. The van der Waals surface area contributed by atoms with Crippen LogP contribution in [0.15, 0.2) is 27.6 Å². The smallest absolute Gasteiger partial charge is 0.211 e. The van der Waals surface area contributed by atoms with Crippen LogP contribution in [-0.2, 0) is 10.0 Å². The summed E-state index contributed by atoms with van der Waals surface area (Å²) in [6.45, 7) is 0.389. The molecule has 1 aromatic rings. The predicted octanol–water partition coefficient (Wildman–Crippen LogP) is 3.17. The van der Waals surface area contributed by atoms with Crippen LogP contribution in [0.3, 0.4) is 0 Å². The summed E-state index contributed by atoms with van der Waals surface area (Å²) < 4.78 is 26.9. The lowest BCUT2D eigenvalue weighted by Gasteiger charge is -2.07. The third kappa shape index (κ3) is 4.00. The molecule has 0 amide bonds. The summed E-state index contributed by atoms with van der Waals surface area (Å²) in [7, 11) is -3.50. The molecule has 0 saturated carbocycles. The molecule has 0 saturated heterocycles. The first-order valence-electron chi connectivity index (χ1n) is 4.48. The van der Waals surface area contributed by atoms with Crippen molar-refractivity contribution in [1.29, 1.82) is 0 Å². The number of nitrogens with one attached hydrogen (secondary N) is 1. The molecule has 1 N–H and O–H groups in total. The lowest BCUT2D eigenvalue weighted by Crippen LogP contribution is -2.25. The van der Waals surface area contributed by atoms with E-state index in [0.29, 0.717) is 6.54 Å². The maximum absolute atomic E-state index is 11.8. The lowest BCUT2D eigenvalue weighted by molar-refractivity contribution is 0.581. The summed E-state index contributed by atoms with van der Waals surface area (Å²) in [5.41, 5.74) is 0. The molecule has 0 atom stereocenters. The number of alkyl halides is 1. The molecular weight excluding hydrogens is 381 g/mol. The minimum atomic E-state index is -3.50. The molecule has 0 unspecified atom stereocenters. The Morgan fingerprint density at radius 3 is 2.62 bits per heavy atom. The molecule has 0 radical (unpaired) electrons. The standard InChI is InChI=1S/C9H10Br2ClNO2S/c10-4-1-5-13-16(14,15)9-3-2-7(11)6-8(9)12/h2-3,6,13H,1,4-5H2. The Morgan fingerprint density at radius 1 is 1.38 bits per heavy atom. The topological polar surface area (TPSA) is 46.2 Å². The Balaban J connectivity index is 2.90. The van der Waals surface area contributed by atoms with Gasteiger partial charge in [0, 0.05) is 16.3 Å². The molecule has 0 aliphatic heterocycles. The summed E-state index contributed by atoms with van der Waals surface area (Å²) in [5.74, 6) is 0. The first-order valence-corrected chi connectivity index (χ1v) is 8.25. The highest BCUT2D eigenvalue weighted by atomic mass is 79.9. The highest BCUT2D eigenvalue weighted by Crippen LogP contribution is 2.24. The summed E-state index contributed by atoms with van der Waals surface area (Å²) >= 11 is 12.3. The second kappa shape index (κ2) is 6.35. The number of sulfonamides is 1. The van der Waals surface area contributed by atoms with Gasteiger partial charge in [-0.15, -0.1) is 0 Å². The van der Waals surface area contributed by atoms with Crippen LogP contribution in [0.1, 0.15) is 6.42 Å². The second-order valence-corrected chi connectivity index (χ2v) is 6.87. The van der Waals surface area contributed by atoms with Crippen molar-refractivity contribution in [3.05, 3.63) is 27.7 Å². The first kappa shape index (κ1) is 14.4. The van der Waals surface area contributed by atoms with Crippen LogP contribution in [0.5, 0.6) is 0 Å². The molecule has 0 bridgehead atoms. The number of hydrogen-bond donors (Lipinski definition) is 1. The summed E-state index contributed by atoms with van der Waals surface area (Å²) in [4.78, 5) is 0.104. The van der Waals surface area contributed by atoms with E-state index in [9.17, 15) is 8.42 Å². The van der Waals surface area contributed by atoms with Crippen molar-refractivity contribution in [2.75, 3.05) is 11.9 Å². The lowest BCUT2D eigenvalue weighted by atomic mass is 10.4. The minimum Gasteiger partial charge on any atom is -0.211 e. The summed E-state index contributed by atoms with van der Waals surface area (Å²) in [6, 6.07) is 4.68. The molecule has 0 aliphatic rings. The highest BCUT2D eigenvalue weighted by molar-refractivity contribution is 9.10. The third-order valence-corrected chi connectivity index (χ3v) is 4.78. The van der Waals surface area contributed by atoms with Crippen molar-refractivity contribution in [3.63, 3.8) is 0 Å². The fraction of sp³-hybridized carbons (Fsp3) is 0.333. The van der Waals surface area contributed by atoms with Gasteiger partial charge in [0.1, 0.15) is 4.90 Å². The van der Waals surface area contributed by atoms with E-state index in [1.807, 2.05) is 0 Å². The van der Waals surface area contributed by atoms with Gasteiger partial charge in [-0.3, -0.25) is 0 Å². The van der Waals surface area contributed by atoms with E-state index >= 15 is 0 Å². The Kier molecular flexibility index (Phi) is 5.73. The molecule has 0 aliphatic carbocycles. The van der Waals surface area contributed by atoms with Gasteiger partial charge in [0.05, 0.1) is 5.02 Å². The predicted molar refractivity (Wildman–Crippen MR) is 72.8 cm³/mol. The summed E-state index contributed by atoms with van der Waals surface area (Å²) in [6.07, 6.45) is 0.730. The van der Waals surface area contributed by atoms with Gasteiger partial charge in [-0.2, -0.15) is 0 Å². The molecule has 3 nitrogen and oxygen atoms in total. The van der Waals surface area contributed by atoms with Gasteiger partial charge in [0.25, 0.3) is 0 Å². The van der Waals surface area contributed by atoms with Crippen LogP contribution in [0.2, 0.25) is 5.02 Å². The van der Waals surface area contributed by atoms with Gasteiger partial charge < -0.3 is 0 Å². The van der Waals surface area contributed by atoms with Gasteiger partial charge in [-0.05, 0) is 24.6 Å². The molecule has 16 heavy (non-hydrogen) atoms. The SMILES string of the molecule is O=S(=O)(NCCCBr)c1ccc(Br)cc1Cl. The zero-order chi connectivity index (χ0) is 12.2. The highest BCUT2D eigenvalue weighted by Gasteiger charge is 2.16. The third-order valence-electron chi connectivity index (χ3n) is 1.79. The van der Waals surface area contributed by atoms with Crippen LogP contribution in [-0.4, -0.2) is 20.3 Å². The fourth-order valence-corrected chi connectivity index (χ4v) is 3.43. The van der Waals surface area contributed by atoms with Crippen molar-refractivity contribution < 1.29 is 8.42 Å².